The van der Waals surface area contributed by atoms with E-state index in [1.807, 2.05) is 0 Å². The number of hydroxylamine groups is 1. The van der Waals surface area contributed by atoms with Gasteiger partial charge < -0.3 is 10.6 Å². The molecule has 3 N–H and O–H groups in total. The Labute approximate surface area is 81.9 Å². The second-order valence-corrected chi connectivity index (χ2v) is 1.06. The predicted molar refractivity (Wildman–Crippen MR) is 33.0 cm³/mol. The zero-order valence-electron chi connectivity index (χ0n) is 4.30. The first-order chi connectivity index (χ1) is 3.63. The van der Waals surface area contributed by atoms with Gasteiger partial charge in [0.15, 0.2) is 0 Å². The van der Waals surface area contributed by atoms with Gasteiger partial charge in [-0.05, 0) is 0 Å². The Morgan fingerprint density at radius 1 is 1.56 bits per heavy atom. The van der Waals surface area contributed by atoms with Crippen LogP contribution in [0, 0.1) is 0 Å². The van der Waals surface area contributed by atoms with Gasteiger partial charge in [-0.3, -0.25) is 4.79 Å². The summed E-state index contributed by atoms with van der Waals surface area (Å²) in [7, 11) is 0. The van der Waals surface area contributed by atoms with Crippen LogP contribution in [0.5, 0.6) is 0 Å². The maximum atomic E-state index is 9.86. The molecule has 0 heterocycles. The quantitative estimate of drug-likeness (QED) is 0.324. The van der Waals surface area contributed by atoms with Crippen molar-refractivity contribution in [1.82, 2.24) is 5.48 Å². The molecule has 0 aromatic heterocycles. The Kier molecular flexibility index (Phi) is 8.00. The third-order valence-electron chi connectivity index (χ3n) is 0.295. The molecule has 0 aromatic carbocycles. The number of carbonyl (C=O) groups excluding carboxylic acids is 2. The summed E-state index contributed by atoms with van der Waals surface area (Å²) in [6.45, 7) is 1.15. The van der Waals surface area contributed by atoms with Gasteiger partial charge >= 0.3 is 49.7 Å². The number of hydrogen-bond acceptors (Lipinski definition) is 3. The molecule has 2 amide bonds. The summed E-state index contributed by atoms with van der Waals surface area (Å²) < 4.78 is 0. The molecule has 0 bridgehead atoms. The molecule has 0 fully saturated rings. The molecule has 0 aliphatic heterocycles. The van der Waals surface area contributed by atoms with Gasteiger partial charge in [0.1, 0.15) is 0 Å². The van der Waals surface area contributed by atoms with E-state index in [1.54, 1.807) is 5.48 Å². The number of nitrogens with one attached hydrogen (secondary N) is 1. The van der Waals surface area contributed by atoms with Crippen LogP contribution < -0.4 is 11.2 Å². The van der Waals surface area contributed by atoms with Gasteiger partial charge in [0.2, 0.25) is 0 Å². The summed E-state index contributed by atoms with van der Waals surface area (Å²) in [5, 5.41) is 0. The summed E-state index contributed by atoms with van der Waals surface area (Å²) >= 11 is 0. The van der Waals surface area contributed by atoms with E-state index >= 15 is 0 Å². The fourth-order valence-corrected chi connectivity index (χ4v) is 0.122. The van der Waals surface area contributed by atoms with E-state index in [4.69, 9.17) is 0 Å². The molecule has 9 heavy (non-hydrogen) atoms. The summed E-state index contributed by atoms with van der Waals surface area (Å²) in [6.07, 6.45) is 0. The number of rotatable bonds is 0. The fourth-order valence-electron chi connectivity index (χ4n) is 0.122. The molecule has 0 radical (unpaired) electrons. The third-order valence-corrected chi connectivity index (χ3v) is 0.295. The Bertz CT molecular complexity index is 102. The van der Waals surface area contributed by atoms with E-state index in [9.17, 15) is 9.59 Å². The first-order valence-electron chi connectivity index (χ1n) is 1.86. The molecule has 0 aliphatic rings. The Morgan fingerprint density at radius 3 is 2.11 bits per heavy atom. The number of primary amides is 1. The maximum absolute atomic E-state index is 9.86. The minimum absolute atomic E-state index is 0. The molecule has 0 atom stereocenters. The van der Waals surface area contributed by atoms with Crippen molar-refractivity contribution < 1.29 is 14.4 Å². The van der Waals surface area contributed by atoms with Crippen LogP contribution in [0.3, 0.4) is 0 Å². The number of amides is 2. The first kappa shape index (κ1) is 11.8. The van der Waals surface area contributed by atoms with Crippen molar-refractivity contribution in [3.8, 4) is 0 Å². The van der Waals surface area contributed by atoms with Gasteiger partial charge in [-0.1, -0.05) is 0 Å². The van der Waals surface area contributed by atoms with Crippen LogP contribution in [0.25, 0.3) is 0 Å². The Hall–Kier alpha value is -0.000260. The number of carbonyl (C=O) groups is 2. The number of nitrogens with two attached hydrogens (primary N) is 1. The van der Waals surface area contributed by atoms with Crippen LogP contribution in [-0.2, 0) is 9.63 Å². The Morgan fingerprint density at radius 2 is 2.00 bits per heavy atom. The van der Waals surface area contributed by atoms with Gasteiger partial charge in [-0.15, -0.1) is 0 Å². The van der Waals surface area contributed by atoms with Crippen molar-refractivity contribution in [2.75, 3.05) is 0 Å². The molecule has 0 rings (SSSR count). The SMILES string of the molecule is CC(=O)ONC(N)=O.[CaH2]. The summed E-state index contributed by atoms with van der Waals surface area (Å²) in [4.78, 5) is 23.5. The number of urea groups is 1. The fraction of sp³-hybridized carbons (Fsp3) is 0.333. The van der Waals surface area contributed by atoms with Crippen molar-refractivity contribution in [3.63, 3.8) is 0 Å². The molecule has 50 valence electrons. The molecule has 0 aromatic rings. The van der Waals surface area contributed by atoms with Crippen molar-refractivity contribution in [2.24, 2.45) is 5.73 Å². The van der Waals surface area contributed by atoms with E-state index in [2.05, 4.69) is 10.6 Å². The molecule has 0 spiro atoms. The van der Waals surface area contributed by atoms with E-state index < -0.39 is 12.0 Å². The summed E-state index contributed by atoms with van der Waals surface area (Å²) in [5.41, 5.74) is 6.15. The van der Waals surface area contributed by atoms with Crippen LogP contribution in [0.4, 0.5) is 4.79 Å². The van der Waals surface area contributed by atoms with Crippen LogP contribution in [0.2, 0.25) is 0 Å². The van der Waals surface area contributed by atoms with E-state index in [1.165, 1.54) is 0 Å². The first-order valence-corrected chi connectivity index (χ1v) is 1.86. The van der Waals surface area contributed by atoms with Crippen LogP contribution in [-0.4, -0.2) is 49.7 Å². The van der Waals surface area contributed by atoms with Crippen molar-refractivity contribution in [3.05, 3.63) is 0 Å². The summed E-state index contributed by atoms with van der Waals surface area (Å²) in [6, 6.07) is -0.889. The number of hydrogen-bond donors (Lipinski definition) is 2. The second-order valence-electron chi connectivity index (χ2n) is 1.06. The predicted octanol–water partition coefficient (Wildman–Crippen LogP) is -1.78. The molecule has 0 unspecified atom stereocenters. The molecule has 0 saturated heterocycles. The van der Waals surface area contributed by atoms with Gasteiger partial charge in [0.05, 0.1) is 0 Å². The van der Waals surface area contributed by atoms with E-state index in [0.717, 1.165) is 6.92 Å². The molecule has 0 aliphatic carbocycles. The molecule has 5 nitrogen and oxygen atoms in total. The second kappa shape index (κ2) is 6.12. The monoisotopic (exact) mass is 160 g/mol. The van der Waals surface area contributed by atoms with Gasteiger partial charge in [0, 0.05) is 6.92 Å². The van der Waals surface area contributed by atoms with Crippen molar-refractivity contribution >= 4 is 49.7 Å². The van der Waals surface area contributed by atoms with E-state index in [0.29, 0.717) is 0 Å². The third kappa shape index (κ3) is 11.5. The molecule has 6 heteroatoms. The van der Waals surface area contributed by atoms with Crippen molar-refractivity contribution in [1.29, 1.82) is 0 Å². The van der Waals surface area contributed by atoms with Gasteiger partial charge in [-0.25, -0.2) is 4.79 Å². The summed E-state index contributed by atoms with van der Waals surface area (Å²) in [5.74, 6) is -0.608. The molecule has 0 saturated carbocycles. The minimum atomic E-state index is -0.889. The van der Waals surface area contributed by atoms with Crippen molar-refractivity contribution in [2.45, 2.75) is 6.92 Å². The zero-order valence-corrected chi connectivity index (χ0v) is 4.30. The van der Waals surface area contributed by atoms with Gasteiger partial charge in [0.25, 0.3) is 0 Å². The van der Waals surface area contributed by atoms with E-state index in [-0.39, 0.29) is 37.7 Å². The van der Waals surface area contributed by atoms with Gasteiger partial charge in [-0.2, -0.15) is 5.48 Å². The average Bonchev–Trinajstić information content (AvgIpc) is 1.61. The standard InChI is InChI=1S/C3H6N2O3.Ca.2H/c1-2(6)8-5-3(4)7;;;/h1H3,(H3,4,5,7);;;. The average molecular weight is 160 g/mol. The van der Waals surface area contributed by atoms with Crippen LogP contribution >= 0.6 is 0 Å². The molecular formula is C3H8CaN2O3. The topological polar surface area (TPSA) is 81.4 Å². The Balaban J connectivity index is 0. The molecular weight excluding hydrogens is 152 g/mol. The zero-order chi connectivity index (χ0) is 6.57. The normalized spacial score (nSPS) is 6.78. The van der Waals surface area contributed by atoms with Crippen LogP contribution in [0.1, 0.15) is 6.92 Å². The van der Waals surface area contributed by atoms with Crippen LogP contribution in [0.15, 0.2) is 0 Å².